The van der Waals surface area contributed by atoms with Crippen LogP contribution >= 0.6 is 15.6 Å². The van der Waals surface area contributed by atoms with Gasteiger partial charge >= 0.3 is 39.5 Å². The molecular weight excluding hydrogens is 1220 g/mol. The van der Waals surface area contributed by atoms with Crippen LogP contribution in [0, 0.1) is 23.7 Å². The molecule has 0 bridgehead atoms. The van der Waals surface area contributed by atoms with Crippen LogP contribution in [-0.2, 0) is 65.4 Å². The molecule has 19 heteroatoms. The lowest BCUT2D eigenvalue weighted by molar-refractivity contribution is -0.161. The molecule has 0 rings (SSSR count). The fraction of sp³-hybridized carbons (Fsp3) is 0.946. The highest BCUT2D eigenvalue weighted by atomic mass is 31.2. The summed E-state index contributed by atoms with van der Waals surface area (Å²) in [5, 5.41) is 10.6. The van der Waals surface area contributed by atoms with Crippen molar-refractivity contribution in [3.05, 3.63) is 0 Å². The average molecular weight is 1370 g/mol. The van der Waals surface area contributed by atoms with Crippen LogP contribution in [0.5, 0.6) is 0 Å². The Hall–Kier alpha value is -1.94. The van der Waals surface area contributed by atoms with E-state index in [1.807, 2.05) is 0 Å². The van der Waals surface area contributed by atoms with Crippen molar-refractivity contribution < 1.29 is 80.2 Å². The number of esters is 4. The van der Waals surface area contributed by atoms with E-state index in [1.165, 1.54) is 167 Å². The fourth-order valence-electron chi connectivity index (χ4n) is 11.2. The third-order valence-corrected chi connectivity index (χ3v) is 19.0. The Morgan fingerprint density at radius 3 is 0.667 bits per heavy atom. The average Bonchev–Trinajstić information content (AvgIpc) is 2.47. The third kappa shape index (κ3) is 68.4. The molecule has 5 atom stereocenters. The van der Waals surface area contributed by atoms with E-state index in [1.54, 1.807) is 0 Å². The van der Waals surface area contributed by atoms with Crippen molar-refractivity contribution >= 4 is 39.5 Å². The molecule has 0 saturated heterocycles. The molecular formula is C74H144O17P2. The van der Waals surface area contributed by atoms with E-state index < -0.39 is 97.5 Å². The lowest BCUT2D eigenvalue weighted by Gasteiger charge is -2.21. The van der Waals surface area contributed by atoms with Crippen LogP contribution < -0.4 is 0 Å². The fourth-order valence-corrected chi connectivity index (χ4v) is 12.8. The summed E-state index contributed by atoms with van der Waals surface area (Å²) >= 11 is 0. The van der Waals surface area contributed by atoms with Gasteiger partial charge in [0.15, 0.2) is 12.2 Å². The van der Waals surface area contributed by atoms with Crippen molar-refractivity contribution in [1.82, 2.24) is 0 Å². The highest BCUT2D eigenvalue weighted by Crippen LogP contribution is 2.45. The van der Waals surface area contributed by atoms with Crippen molar-refractivity contribution in [1.29, 1.82) is 0 Å². The summed E-state index contributed by atoms with van der Waals surface area (Å²) in [6, 6.07) is 0. The molecule has 0 aromatic carbocycles. The van der Waals surface area contributed by atoms with Crippen LogP contribution in [0.15, 0.2) is 0 Å². The Bertz CT molecular complexity index is 1830. The zero-order valence-electron chi connectivity index (χ0n) is 60.9. The first kappa shape index (κ1) is 91.1. The maximum atomic E-state index is 13.1. The van der Waals surface area contributed by atoms with Gasteiger partial charge in [0.25, 0.3) is 0 Å². The summed E-state index contributed by atoms with van der Waals surface area (Å²) in [5.41, 5.74) is 0. The Morgan fingerprint density at radius 2 is 0.452 bits per heavy atom. The van der Waals surface area contributed by atoms with E-state index in [-0.39, 0.29) is 25.7 Å². The molecule has 2 unspecified atom stereocenters. The molecule has 17 nitrogen and oxygen atoms in total. The van der Waals surface area contributed by atoms with Crippen LogP contribution in [0.3, 0.4) is 0 Å². The van der Waals surface area contributed by atoms with Crippen LogP contribution in [0.4, 0.5) is 0 Å². The van der Waals surface area contributed by atoms with Gasteiger partial charge in [0.2, 0.25) is 0 Å². The maximum Gasteiger partial charge on any atom is 0.472 e. The molecule has 0 radical (unpaired) electrons. The van der Waals surface area contributed by atoms with Gasteiger partial charge in [-0.25, -0.2) is 9.13 Å². The Labute approximate surface area is 568 Å². The highest BCUT2D eigenvalue weighted by molar-refractivity contribution is 7.47. The number of rotatable bonds is 71. The lowest BCUT2D eigenvalue weighted by atomic mass is 10.0. The summed E-state index contributed by atoms with van der Waals surface area (Å²) in [6.07, 6.45) is 47.3. The number of carbonyl (C=O) groups is 4. The maximum absolute atomic E-state index is 13.1. The molecule has 0 aromatic heterocycles. The Kier molecular flexibility index (Phi) is 62.2. The zero-order chi connectivity index (χ0) is 68.9. The van der Waals surface area contributed by atoms with Crippen molar-refractivity contribution in [2.45, 2.75) is 388 Å². The standard InChI is InChI=1S/C74H144O17P2/c1-64(2)50-42-34-26-20-15-11-9-13-17-23-30-40-48-56-73(78)90-69(60-84-71(76)54-46-38-29-25-19-22-28-36-44-52-66(5)6)62-88-92(80,81)86-58-68(75)59-87-93(82,83)89-63-70(61-85-72(77)55-47-39-33-32-37-45-53-67(7)8)91-74(79)57-49-41-31-24-18-14-10-12-16-21-27-35-43-51-65(3)4/h64-70,75H,9-63H2,1-8H3,(H,80,81)(H,82,83)/t68-,69-,70-/m1/s1. The molecule has 3 N–H and O–H groups in total. The molecule has 0 aliphatic rings. The van der Waals surface area contributed by atoms with E-state index in [9.17, 15) is 43.2 Å². The quantitative estimate of drug-likeness (QED) is 0.0222. The van der Waals surface area contributed by atoms with E-state index in [0.29, 0.717) is 31.6 Å². The molecule has 0 saturated carbocycles. The molecule has 0 aromatic rings. The molecule has 93 heavy (non-hydrogen) atoms. The number of phosphoric acid groups is 2. The molecule has 0 amide bonds. The number of carbonyl (C=O) groups excluding carboxylic acids is 4. The molecule has 552 valence electrons. The molecule has 0 spiro atoms. The van der Waals surface area contributed by atoms with E-state index in [0.717, 1.165) is 114 Å². The second-order valence-corrected chi connectivity index (χ2v) is 31.5. The van der Waals surface area contributed by atoms with Gasteiger partial charge in [-0.3, -0.25) is 37.3 Å². The van der Waals surface area contributed by atoms with Gasteiger partial charge in [0.1, 0.15) is 19.3 Å². The van der Waals surface area contributed by atoms with Crippen molar-refractivity contribution in [3.8, 4) is 0 Å². The van der Waals surface area contributed by atoms with Gasteiger partial charge in [0.05, 0.1) is 26.4 Å². The summed E-state index contributed by atoms with van der Waals surface area (Å²) < 4.78 is 68.4. The Morgan fingerprint density at radius 1 is 0.269 bits per heavy atom. The highest BCUT2D eigenvalue weighted by Gasteiger charge is 2.30. The first-order valence-electron chi connectivity index (χ1n) is 38.2. The summed E-state index contributed by atoms with van der Waals surface area (Å²) in [4.78, 5) is 72.7. The molecule has 0 heterocycles. The molecule has 0 fully saturated rings. The predicted octanol–water partition coefficient (Wildman–Crippen LogP) is 21.3. The van der Waals surface area contributed by atoms with Crippen LogP contribution in [0.1, 0.15) is 370 Å². The van der Waals surface area contributed by atoms with Gasteiger partial charge in [-0.05, 0) is 49.4 Å². The largest absolute Gasteiger partial charge is 0.472 e. The molecule has 0 aliphatic heterocycles. The number of unbranched alkanes of at least 4 members (excludes halogenated alkanes) is 37. The first-order chi connectivity index (χ1) is 44.6. The zero-order valence-corrected chi connectivity index (χ0v) is 62.7. The first-order valence-corrected chi connectivity index (χ1v) is 41.2. The monoisotopic (exact) mass is 1370 g/mol. The number of phosphoric ester groups is 2. The summed E-state index contributed by atoms with van der Waals surface area (Å²) in [5.74, 6) is 0.871. The van der Waals surface area contributed by atoms with Crippen molar-refractivity contribution in [2.24, 2.45) is 23.7 Å². The van der Waals surface area contributed by atoms with Crippen molar-refractivity contribution in [2.75, 3.05) is 39.6 Å². The minimum atomic E-state index is -4.96. The second kappa shape index (κ2) is 63.5. The lowest BCUT2D eigenvalue weighted by Crippen LogP contribution is -2.30. The van der Waals surface area contributed by atoms with E-state index in [2.05, 4.69) is 55.4 Å². The van der Waals surface area contributed by atoms with Crippen LogP contribution in [0.25, 0.3) is 0 Å². The second-order valence-electron chi connectivity index (χ2n) is 28.6. The van der Waals surface area contributed by atoms with Gasteiger partial charge < -0.3 is 33.8 Å². The van der Waals surface area contributed by atoms with Crippen LogP contribution in [0.2, 0.25) is 0 Å². The minimum absolute atomic E-state index is 0.106. The smallest absolute Gasteiger partial charge is 0.462 e. The van der Waals surface area contributed by atoms with Gasteiger partial charge in [-0.1, -0.05) is 319 Å². The van der Waals surface area contributed by atoms with E-state index >= 15 is 0 Å². The normalized spacial score (nSPS) is 14.2. The molecule has 0 aliphatic carbocycles. The number of aliphatic hydroxyl groups is 1. The number of hydrogen-bond donors (Lipinski definition) is 3. The number of ether oxygens (including phenoxy) is 4. The van der Waals surface area contributed by atoms with Crippen LogP contribution in [-0.4, -0.2) is 96.7 Å². The third-order valence-electron chi connectivity index (χ3n) is 17.1. The van der Waals surface area contributed by atoms with Gasteiger partial charge in [-0.15, -0.1) is 0 Å². The minimum Gasteiger partial charge on any atom is -0.462 e. The Balaban J connectivity index is 5.23. The summed E-state index contributed by atoms with van der Waals surface area (Å²) in [7, 11) is -9.91. The summed E-state index contributed by atoms with van der Waals surface area (Å²) in [6.45, 7) is 14.1. The number of aliphatic hydroxyl groups excluding tert-OH is 1. The number of hydrogen-bond acceptors (Lipinski definition) is 15. The predicted molar refractivity (Wildman–Crippen MR) is 377 cm³/mol. The SMILES string of the molecule is CC(C)CCCCCCCCCCCCCCCC(=O)O[C@H](COC(=O)CCCCCCCCCCCC(C)C)COP(=O)(O)OC[C@@H](O)COP(=O)(O)OC[C@@H](COC(=O)CCCCCCCCC(C)C)OC(=O)CCCCCCCCCCCCCCCC(C)C. The van der Waals surface area contributed by atoms with E-state index in [4.69, 9.17) is 37.0 Å². The van der Waals surface area contributed by atoms with Gasteiger partial charge in [0, 0.05) is 25.7 Å². The topological polar surface area (TPSA) is 237 Å². The van der Waals surface area contributed by atoms with Crippen molar-refractivity contribution in [3.63, 3.8) is 0 Å². The van der Waals surface area contributed by atoms with Gasteiger partial charge in [-0.2, -0.15) is 0 Å².